The van der Waals surface area contributed by atoms with Gasteiger partial charge in [0, 0.05) is 49.7 Å². The number of aromatic nitrogens is 1. The minimum atomic E-state index is -2.66. The zero-order chi connectivity index (χ0) is 33.9. The first-order valence-electron chi connectivity index (χ1n) is 16.0. The van der Waals surface area contributed by atoms with Crippen LogP contribution in [-0.2, 0) is 15.8 Å². The number of nitrogens with one attached hydrogen (secondary N) is 1. The Bertz CT molecular complexity index is 1700. The van der Waals surface area contributed by atoms with E-state index in [0.29, 0.717) is 43.9 Å². The summed E-state index contributed by atoms with van der Waals surface area (Å²) in [6.45, 7) is 8.99. The summed E-state index contributed by atoms with van der Waals surface area (Å²) in [5.41, 5.74) is 0.982. The van der Waals surface area contributed by atoms with Crippen LogP contribution in [0.2, 0.25) is 5.04 Å². The van der Waals surface area contributed by atoms with Crippen LogP contribution in [0.15, 0.2) is 90.3 Å². The van der Waals surface area contributed by atoms with Gasteiger partial charge in [-0.2, -0.15) is 0 Å². The number of hydrogen-bond acceptors (Lipinski definition) is 9. The van der Waals surface area contributed by atoms with Crippen molar-refractivity contribution in [1.82, 2.24) is 15.2 Å². The largest absolute Gasteiger partial charge is 0.445 e. The third-order valence-electron chi connectivity index (χ3n) is 8.89. The number of amides is 2. The highest BCUT2D eigenvalue weighted by Gasteiger charge is 2.52. The molecule has 0 saturated carbocycles. The predicted octanol–water partition coefficient (Wildman–Crippen LogP) is 4.96. The van der Waals surface area contributed by atoms with E-state index >= 15 is 0 Å². The van der Waals surface area contributed by atoms with E-state index in [4.69, 9.17) is 9.16 Å². The van der Waals surface area contributed by atoms with Gasteiger partial charge in [0.05, 0.1) is 11.0 Å². The van der Waals surface area contributed by atoms with E-state index in [-0.39, 0.29) is 35.4 Å². The standard InChI is InChI=1S/C35H39N5O6SSi/c1-35(2,3)48(29-10-6-4-7-11-29,30-12-8-5-9-13-30)46-28-21-39(22-28)33-37-31(24-47-33)32(41)36-26-18-19-38(20-26)34(42)45-23-25-14-16-27(17-15-25)40(43)44/h4-17,24,26,28H,18-23H2,1-3H3,(H,36,41)/t26-/m1/s1. The minimum Gasteiger partial charge on any atom is -0.445 e. The average molecular weight is 686 g/mol. The molecule has 0 aliphatic carbocycles. The van der Waals surface area contributed by atoms with Crippen molar-refractivity contribution in [2.75, 3.05) is 31.1 Å². The summed E-state index contributed by atoms with van der Waals surface area (Å²) < 4.78 is 12.6. The molecule has 1 aromatic heterocycles. The van der Waals surface area contributed by atoms with E-state index in [1.807, 2.05) is 12.1 Å². The molecule has 6 rings (SSSR count). The van der Waals surface area contributed by atoms with E-state index in [1.54, 1.807) is 22.4 Å². The first-order chi connectivity index (χ1) is 23.0. The smallest absolute Gasteiger partial charge is 0.410 e. The van der Waals surface area contributed by atoms with Gasteiger partial charge in [-0.25, -0.2) is 9.78 Å². The molecule has 3 aromatic carbocycles. The first-order valence-corrected chi connectivity index (χ1v) is 18.8. The van der Waals surface area contributed by atoms with E-state index in [2.05, 4.69) is 84.5 Å². The number of nitro groups is 1. The molecule has 2 aliphatic rings. The molecule has 0 radical (unpaired) electrons. The second-order valence-corrected chi connectivity index (χ2v) is 18.3. The summed E-state index contributed by atoms with van der Waals surface area (Å²) in [6, 6.07) is 26.9. The molecule has 0 bridgehead atoms. The number of likely N-dealkylation sites (tertiary alicyclic amines) is 1. The fourth-order valence-electron chi connectivity index (χ4n) is 6.38. The van der Waals surface area contributed by atoms with Gasteiger partial charge in [0.1, 0.15) is 12.3 Å². The van der Waals surface area contributed by atoms with Crippen molar-refractivity contribution in [1.29, 1.82) is 0 Å². The molecule has 2 amide bonds. The summed E-state index contributed by atoms with van der Waals surface area (Å²) >= 11 is 1.44. The van der Waals surface area contributed by atoms with Gasteiger partial charge in [0.15, 0.2) is 5.13 Å². The Kier molecular flexibility index (Phi) is 9.62. The van der Waals surface area contributed by atoms with Gasteiger partial charge in [-0.15, -0.1) is 11.3 Å². The van der Waals surface area contributed by atoms with Crippen molar-refractivity contribution >= 4 is 52.8 Å². The predicted molar refractivity (Wildman–Crippen MR) is 188 cm³/mol. The molecular weight excluding hydrogens is 647 g/mol. The monoisotopic (exact) mass is 685 g/mol. The number of rotatable bonds is 10. The van der Waals surface area contributed by atoms with Crippen molar-refractivity contribution < 1.29 is 23.7 Å². The zero-order valence-electron chi connectivity index (χ0n) is 27.2. The topological polar surface area (TPSA) is 127 Å². The highest BCUT2D eigenvalue weighted by atomic mass is 32.1. The number of non-ortho nitro benzene ring substituents is 1. The van der Waals surface area contributed by atoms with Crippen LogP contribution in [-0.4, -0.2) is 73.4 Å². The number of nitro benzene ring substituents is 1. The van der Waals surface area contributed by atoms with Crippen LogP contribution < -0.4 is 20.6 Å². The third-order valence-corrected chi connectivity index (χ3v) is 14.9. The number of hydrogen-bond donors (Lipinski definition) is 1. The van der Waals surface area contributed by atoms with E-state index < -0.39 is 19.3 Å². The van der Waals surface area contributed by atoms with Crippen LogP contribution in [0.4, 0.5) is 15.6 Å². The van der Waals surface area contributed by atoms with Crippen molar-refractivity contribution in [3.05, 3.63) is 112 Å². The SMILES string of the molecule is CC(C)(C)[Si](OC1CN(c2nc(C(=O)N[C@@H]3CCN(C(=O)OCc4ccc([N+](=O)[O-])cc4)C3)cs2)C1)(c1ccccc1)c1ccccc1. The summed E-state index contributed by atoms with van der Waals surface area (Å²) in [5.74, 6) is -0.274. The third kappa shape index (κ3) is 6.98. The Labute approximate surface area is 284 Å². The summed E-state index contributed by atoms with van der Waals surface area (Å²) in [5, 5.41) is 18.8. The second-order valence-electron chi connectivity index (χ2n) is 13.2. The molecule has 2 saturated heterocycles. The number of carbonyl (C=O) groups is 2. The number of anilines is 1. The lowest BCUT2D eigenvalue weighted by Gasteiger charge is -2.49. The number of benzene rings is 3. The van der Waals surface area contributed by atoms with Crippen LogP contribution in [0.3, 0.4) is 0 Å². The van der Waals surface area contributed by atoms with Crippen LogP contribution in [0.5, 0.6) is 0 Å². The molecule has 2 aliphatic heterocycles. The summed E-state index contributed by atoms with van der Waals surface area (Å²) in [6.07, 6.45) is 0.138. The van der Waals surface area contributed by atoms with E-state index in [9.17, 15) is 19.7 Å². The maximum absolute atomic E-state index is 13.1. The number of nitrogens with zero attached hydrogens (tertiary/aromatic N) is 4. The van der Waals surface area contributed by atoms with Gasteiger partial charge in [-0.05, 0) is 39.5 Å². The fraction of sp³-hybridized carbons (Fsp3) is 0.343. The lowest BCUT2D eigenvalue weighted by atomic mass is 10.2. The number of carbonyl (C=O) groups excluding carboxylic acids is 2. The van der Waals surface area contributed by atoms with Gasteiger partial charge in [-0.1, -0.05) is 81.4 Å². The Morgan fingerprint density at radius 2 is 1.60 bits per heavy atom. The fourth-order valence-corrected chi connectivity index (χ4v) is 11.9. The van der Waals surface area contributed by atoms with Crippen LogP contribution >= 0.6 is 11.3 Å². The van der Waals surface area contributed by atoms with Crippen molar-refractivity contribution in [3.8, 4) is 0 Å². The van der Waals surface area contributed by atoms with Crippen LogP contribution in [0, 0.1) is 10.1 Å². The zero-order valence-corrected chi connectivity index (χ0v) is 29.0. The molecule has 0 unspecified atom stereocenters. The quantitative estimate of drug-likeness (QED) is 0.141. The lowest BCUT2D eigenvalue weighted by molar-refractivity contribution is -0.384. The van der Waals surface area contributed by atoms with Gasteiger partial charge in [0.25, 0.3) is 19.9 Å². The molecule has 0 spiro atoms. The Morgan fingerprint density at radius 3 is 2.19 bits per heavy atom. The van der Waals surface area contributed by atoms with Crippen LogP contribution in [0.1, 0.15) is 43.2 Å². The van der Waals surface area contributed by atoms with Gasteiger partial charge < -0.3 is 24.3 Å². The molecule has 4 aromatic rings. The molecular formula is C35H39N5O6SSi. The Balaban J connectivity index is 1.02. The minimum absolute atomic E-state index is 0.00619. The molecule has 3 heterocycles. The van der Waals surface area contributed by atoms with E-state index in [0.717, 1.165) is 5.13 Å². The molecule has 13 heteroatoms. The van der Waals surface area contributed by atoms with Crippen LogP contribution in [0.25, 0.3) is 0 Å². The van der Waals surface area contributed by atoms with Crippen molar-refractivity contribution in [2.45, 2.75) is 51.0 Å². The maximum atomic E-state index is 13.1. The average Bonchev–Trinajstić information content (AvgIpc) is 3.74. The Hall–Kier alpha value is -4.59. The molecule has 1 atom stereocenters. The number of ether oxygens (including phenoxy) is 1. The maximum Gasteiger partial charge on any atom is 0.410 e. The normalized spacial score (nSPS) is 16.8. The Morgan fingerprint density at radius 1 is 0.979 bits per heavy atom. The highest BCUT2D eigenvalue weighted by Crippen LogP contribution is 2.39. The molecule has 250 valence electrons. The van der Waals surface area contributed by atoms with Gasteiger partial charge >= 0.3 is 6.09 Å². The molecule has 1 N–H and O–H groups in total. The highest BCUT2D eigenvalue weighted by molar-refractivity contribution is 7.14. The van der Waals surface area contributed by atoms with Crippen molar-refractivity contribution in [2.24, 2.45) is 0 Å². The first kappa shape index (κ1) is 33.3. The summed E-state index contributed by atoms with van der Waals surface area (Å²) in [4.78, 5) is 44.4. The second kappa shape index (κ2) is 13.9. The molecule has 2 fully saturated rings. The molecule has 11 nitrogen and oxygen atoms in total. The van der Waals surface area contributed by atoms with Crippen molar-refractivity contribution in [3.63, 3.8) is 0 Å². The lowest BCUT2D eigenvalue weighted by Crippen LogP contribution is -2.70. The van der Waals surface area contributed by atoms with E-state index in [1.165, 1.54) is 33.8 Å². The summed E-state index contributed by atoms with van der Waals surface area (Å²) in [7, 11) is -2.66. The van der Waals surface area contributed by atoms with Gasteiger partial charge in [0.2, 0.25) is 0 Å². The molecule has 48 heavy (non-hydrogen) atoms. The number of thiazole rings is 1. The van der Waals surface area contributed by atoms with Gasteiger partial charge in [-0.3, -0.25) is 14.9 Å².